The fourth-order valence-corrected chi connectivity index (χ4v) is 3.15. The molecule has 1 aliphatic carbocycles. The zero-order chi connectivity index (χ0) is 14.9. The number of para-hydroxylation sites is 1. The van der Waals surface area contributed by atoms with E-state index in [-0.39, 0.29) is 5.97 Å². The second-order valence-corrected chi connectivity index (χ2v) is 5.57. The predicted molar refractivity (Wildman–Crippen MR) is 83.5 cm³/mol. The summed E-state index contributed by atoms with van der Waals surface area (Å²) in [6.45, 7) is 0. The van der Waals surface area contributed by atoms with Crippen molar-refractivity contribution < 1.29 is 9.53 Å². The second kappa shape index (κ2) is 5.41. The fraction of sp³-hybridized carbons (Fsp3) is 0.235. The van der Waals surface area contributed by atoms with Gasteiger partial charge < -0.3 is 10.1 Å². The van der Waals surface area contributed by atoms with Crippen LogP contribution in [0, 0.1) is 0 Å². The lowest BCUT2D eigenvalue weighted by atomic mass is 9.91. The van der Waals surface area contributed by atoms with Gasteiger partial charge in [-0.25, -0.2) is 4.79 Å². The van der Waals surface area contributed by atoms with E-state index in [1.54, 1.807) is 6.07 Å². The first-order valence-corrected chi connectivity index (χ1v) is 7.25. The molecule has 0 spiro atoms. The zero-order valence-electron chi connectivity index (χ0n) is 11.7. The van der Waals surface area contributed by atoms with Gasteiger partial charge in [0.05, 0.1) is 17.8 Å². The Kier molecular flexibility index (Phi) is 3.60. The Morgan fingerprint density at radius 1 is 1.19 bits per heavy atom. The van der Waals surface area contributed by atoms with Gasteiger partial charge in [0.1, 0.15) is 0 Å². The fourth-order valence-electron chi connectivity index (χ4n) is 2.97. The number of hydrogen-bond acceptors (Lipinski definition) is 3. The van der Waals surface area contributed by atoms with E-state index in [0.717, 1.165) is 17.7 Å². The van der Waals surface area contributed by atoms with Gasteiger partial charge in [-0.05, 0) is 36.1 Å². The van der Waals surface area contributed by atoms with Gasteiger partial charge >= 0.3 is 5.97 Å². The number of carbonyl (C=O) groups is 1. The molecule has 3 rings (SSSR count). The molecule has 1 N–H and O–H groups in total. The zero-order valence-corrected chi connectivity index (χ0v) is 12.5. The minimum Gasteiger partial charge on any atom is -0.467 e. The van der Waals surface area contributed by atoms with Crippen LogP contribution >= 0.6 is 11.6 Å². The average Bonchev–Trinajstić information content (AvgIpc) is 2.89. The minimum atomic E-state index is -0.865. The average molecular weight is 302 g/mol. The van der Waals surface area contributed by atoms with Crippen LogP contribution < -0.4 is 5.32 Å². The quantitative estimate of drug-likeness (QED) is 0.877. The summed E-state index contributed by atoms with van der Waals surface area (Å²) in [6, 6.07) is 15.4. The van der Waals surface area contributed by atoms with Crippen LogP contribution in [0.5, 0.6) is 0 Å². The Morgan fingerprint density at radius 3 is 2.67 bits per heavy atom. The summed E-state index contributed by atoms with van der Waals surface area (Å²) in [5.74, 6) is -0.285. The number of methoxy groups -OCH3 is 1. The van der Waals surface area contributed by atoms with Crippen molar-refractivity contribution in [2.24, 2.45) is 0 Å². The lowest BCUT2D eigenvalue weighted by molar-refractivity contribution is -0.146. The summed E-state index contributed by atoms with van der Waals surface area (Å²) >= 11 is 6.22. The molecule has 3 nitrogen and oxygen atoms in total. The summed E-state index contributed by atoms with van der Waals surface area (Å²) in [4.78, 5) is 12.5. The van der Waals surface area contributed by atoms with E-state index in [4.69, 9.17) is 16.3 Å². The van der Waals surface area contributed by atoms with Gasteiger partial charge in [-0.1, -0.05) is 48.0 Å². The summed E-state index contributed by atoms with van der Waals surface area (Å²) in [5.41, 5.74) is 2.01. The summed E-state index contributed by atoms with van der Waals surface area (Å²) < 4.78 is 5.06. The number of halogens is 1. The van der Waals surface area contributed by atoms with Crippen LogP contribution in [0.15, 0.2) is 48.5 Å². The van der Waals surface area contributed by atoms with Gasteiger partial charge in [-0.3, -0.25) is 0 Å². The molecule has 0 saturated carbocycles. The highest BCUT2D eigenvalue weighted by Gasteiger charge is 2.46. The molecule has 0 saturated heterocycles. The second-order valence-electron chi connectivity index (χ2n) is 5.16. The van der Waals surface area contributed by atoms with Crippen LogP contribution in [0.25, 0.3) is 0 Å². The molecule has 2 aromatic carbocycles. The number of aryl methyl sites for hydroxylation is 1. The van der Waals surface area contributed by atoms with Crippen molar-refractivity contribution in [2.75, 3.05) is 12.4 Å². The van der Waals surface area contributed by atoms with Crippen molar-refractivity contribution in [1.29, 1.82) is 0 Å². The standard InChI is InChI=1S/C17H16ClNO2/c1-21-16(20)17(19-15-9-5-4-8-14(15)18)11-10-12-6-2-3-7-13(12)17/h2-9,19H,10-11H2,1H3. The number of esters is 1. The van der Waals surface area contributed by atoms with E-state index < -0.39 is 5.54 Å². The molecule has 21 heavy (non-hydrogen) atoms. The molecular weight excluding hydrogens is 286 g/mol. The molecule has 1 atom stereocenters. The van der Waals surface area contributed by atoms with E-state index in [0.29, 0.717) is 11.4 Å². The first-order chi connectivity index (χ1) is 10.2. The van der Waals surface area contributed by atoms with Crippen LogP contribution in [0.2, 0.25) is 5.02 Å². The number of nitrogens with one attached hydrogen (secondary N) is 1. The van der Waals surface area contributed by atoms with Crippen molar-refractivity contribution in [2.45, 2.75) is 18.4 Å². The maximum atomic E-state index is 12.5. The van der Waals surface area contributed by atoms with Crippen molar-refractivity contribution >= 4 is 23.3 Å². The molecule has 4 heteroatoms. The maximum Gasteiger partial charge on any atom is 0.336 e. The third kappa shape index (κ3) is 2.28. The SMILES string of the molecule is COC(=O)C1(Nc2ccccc2Cl)CCc2ccccc21. The van der Waals surface area contributed by atoms with E-state index in [9.17, 15) is 4.79 Å². The van der Waals surface area contributed by atoms with Crippen LogP contribution in [-0.2, 0) is 21.5 Å². The van der Waals surface area contributed by atoms with Crippen LogP contribution in [0.4, 0.5) is 5.69 Å². The first kappa shape index (κ1) is 14.0. The van der Waals surface area contributed by atoms with Crippen LogP contribution in [0.3, 0.4) is 0 Å². The Morgan fingerprint density at radius 2 is 1.90 bits per heavy atom. The molecule has 0 radical (unpaired) electrons. The number of fused-ring (bicyclic) bond motifs is 1. The lowest BCUT2D eigenvalue weighted by Gasteiger charge is -2.30. The van der Waals surface area contributed by atoms with Gasteiger partial charge in [0.15, 0.2) is 5.54 Å². The van der Waals surface area contributed by atoms with Crippen molar-refractivity contribution in [3.05, 3.63) is 64.7 Å². The van der Waals surface area contributed by atoms with Crippen molar-refractivity contribution in [3.63, 3.8) is 0 Å². The van der Waals surface area contributed by atoms with Crippen molar-refractivity contribution in [3.8, 4) is 0 Å². The molecule has 1 aliphatic rings. The number of carbonyl (C=O) groups excluding carboxylic acids is 1. The Hall–Kier alpha value is -2.00. The maximum absolute atomic E-state index is 12.5. The van der Waals surface area contributed by atoms with Crippen LogP contribution in [-0.4, -0.2) is 13.1 Å². The topological polar surface area (TPSA) is 38.3 Å². The normalized spacial score (nSPS) is 19.9. The van der Waals surface area contributed by atoms with Crippen molar-refractivity contribution in [1.82, 2.24) is 0 Å². The number of anilines is 1. The third-order valence-electron chi connectivity index (χ3n) is 4.00. The van der Waals surface area contributed by atoms with Gasteiger partial charge in [-0.2, -0.15) is 0 Å². The molecule has 108 valence electrons. The Bertz CT molecular complexity index is 686. The van der Waals surface area contributed by atoms with E-state index >= 15 is 0 Å². The molecule has 0 bridgehead atoms. The largest absolute Gasteiger partial charge is 0.467 e. The monoisotopic (exact) mass is 301 g/mol. The Labute approximate surface area is 128 Å². The van der Waals surface area contributed by atoms with Gasteiger partial charge in [0, 0.05) is 0 Å². The van der Waals surface area contributed by atoms with Crippen LogP contribution in [0.1, 0.15) is 17.5 Å². The number of hydrogen-bond donors (Lipinski definition) is 1. The number of ether oxygens (including phenoxy) is 1. The molecule has 0 heterocycles. The molecule has 0 amide bonds. The smallest absolute Gasteiger partial charge is 0.336 e. The summed E-state index contributed by atoms with van der Waals surface area (Å²) in [6.07, 6.45) is 1.49. The van der Waals surface area contributed by atoms with E-state index in [1.807, 2.05) is 42.5 Å². The molecule has 2 aromatic rings. The highest BCUT2D eigenvalue weighted by molar-refractivity contribution is 6.33. The number of rotatable bonds is 3. The minimum absolute atomic E-state index is 0.285. The lowest BCUT2D eigenvalue weighted by Crippen LogP contribution is -2.42. The van der Waals surface area contributed by atoms with Gasteiger partial charge in [0.25, 0.3) is 0 Å². The predicted octanol–water partition coefficient (Wildman–Crippen LogP) is 3.77. The van der Waals surface area contributed by atoms with Gasteiger partial charge in [-0.15, -0.1) is 0 Å². The van der Waals surface area contributed by atoms with E-state index in [2.05, 4.69) is 5.32 Å². The molecule has 0 fully saturated rings. The first-order valence-electron chi connectivity index (χ1n) is 6.87. The highest BCUT2D eigenvalue weighted by Crippen LogP contribution is 2.41. The molecule has 1 unspecified atom stereocenters. The highest BCUT2D eigenvalue weighted by atomic mass is 35.5. The molecule has 0 aromatic heterocycles. The van der Waals surface area contributed by atoms with E-state index in [1.165, 1.54) is 12.7 Å². The summed E-state index contributed by atoms with van der Waals surface area (Å²) in [5, 5.41) is 3.91. The third-order valence-corrected chi connectivity index (χ3v) is 4.33. The molecule has 0 aliphatic heterocycles. The Balaban J connectivity index is 2.08. The van der Waals surface area contributed by atoms with Gasteiger partial charge in [0.2, 0.25) is 0 Å². The molecular formula is C17H16ClNO2. The summed E-state index contributed by atoms with van der Waals surface area (Å²) in [7, 11) is 1.42. The number of benzene rings is 2.